The third-order valence-electron chi connectivity index (χ3n) is 4.94. The van der Waals surface area contributed by atoms with Crippen LogP contribution in [0.25, 0.3) is 0 Å². The second-order valence-electron chi connectivity index (χ2n) is 7.48. The third-order valence-corrected chi connectivity index (χ3v) is 4.94. The Morgan fingerprint density at radius 1 is 1.07 bits per heavy atom. The number of anilines is 1. The summed E-state index contributed by atoms with van der Waals surface area (Å²) < 4.78 is 22.5. The average Bonchev–Trinajstić information content (AvgIpc) is 3.25. The lowest BCUT2D eigenvalue weighted by atomic mass is 10.2. The van der Waals surface area contributed by atoms with Gasteiger partial charge in [-0.05, 0) is 51.4 Å². The Kier molecular flexibility index (Phi) is 12.3. The summed E-state index contributed by atoms with van der Waals surface area (Å²) in [4.78, 5) is 14.9. The quantitative estimate of drug-likeness (QED) is 0.425. The Hall–Kier alpha value is -1.83. The minimum Gasteiger partial charge on any atom is -0.491 e. The van der Waals surface area contributed by atoms with E-state index in [1.54, 1.807) is 0 Å². The predicted octanol–water partition coefficient (Wildman–Crippen LogP) is 4.32. The Morgan fingerprint density at radius 3 is 2.60 bits per heavy atom. The molecule has 7 heteroatoms. The molecule has 0 aliphatic carbocycles. The summed E-state index contributed by atoms with van der Waals surface area (Å²) in [5.41, 5.74) is 0.621. The first-order valence-electron chi connectivity index (χ1n) is 11.3. The minimum absolute atomic E-state index is 0.331. The summed E-state index contributed by atoms with van der Waals surface area (Å²) >= 11 is 0. The number of amides is 1. The summed E-state index contributed by atoms with van der Waals surface area (Å²) in [6.07, 6.45) is 4.81. The van der Waals surface area contributed by atoms with Crippen LogP contribution in [-0.4, -0.2) is 69.8 Å². The van der Waals surface area contributed by atoms with Gasteiger partial charge in [0.15, 0.2) is 0 Å². The second kappa shape index (κ2) is 15.0. The fourth-order valence-electron chi connectivity index (χ4n) is 3.37. The van der Waals surface area contributed by atoms with Crippen LogP contribution in [0.3, 0.4) is 0 Å². The summed E-state index contributed by atoms with van der Waals surface area (Å²) in [5.74, 6) is 0.662. The molecule has 1 unspecified atom stereocenters. The molecule has 0 aromatic heterocycles. The van der Waals surface area contributed by atoms with Crippen molar-refractivity contribution >= 4 is 11.8 Å². The molecule has 2 rings (SSSR count). The van der Waals surface area contributed by atoms with E-state index in [4.69, 9.17) is 18.9 Å². The van der Waals surface area contributed by atoms with Crippen molar-refractivity contribution in [3.05, 3.63) is 24.3 Å². The van der Waals surface area contributed by atoms with Crippen LogP contribution in [-0.2, 0) is 14.2 Å². The van der Waals surface area contributed by atoms with Gasteiger partial charge in [0, 0.05) is 13.2 Å². The van der Waals surface area contributed by atoms with Gasteiger partial charge in [0.1, 0.15) is 11.9 Å². The molecule has 1 amide bonds. The Morgan fingerprint density at radius 2 is 1.83 bits per heavy atom. The van der Waals surface area contributed by atoms with Gasteiger partial charge in [-0.1, -0.05) is 31.9 Å². The number of hydrogen-bond donors (Lipinski definition) is 1. The Labute approximate surface area is 181 Å². The zero-order valence-electron chi connectivity index (χ0n) is 18.6. The van der Waals surface area contributed by atoms with E-state index >= 15 is 0 Å². The van der Waals surface area contributed by atoms with E-state index in [1.807, 2.05) is 31.2 Å². The molecule has 7 nitrogen and oxygen atoms in total. The SMILES string of the molecule is CCCCCOc1ccccc1NC(=O)OC(COCCOCC)CN1CCCC1. The number of rotatable bonds is 15. The van der Waals surface area contributed by atoms with E-state index in [9.17, 15) is 4.79 Å². The molecule has 1 aliphatic rings. The maximum atomic E-state index is 12.6. The van der Waals surface area contributed by atoms with Gasteiger partial charge in [-0.3, -0.25) is 10.2 Å². The van der Waals surface area contributed by atoms with E-state index in [0.29, 0.717) is 51.0 Å². The fraction of sp³-hybridized carbons (Fsp3) is 0.696. The number of benzene rings is 1. The van der Waals surface area contributed by atoms with Crippen LogP contribution in [0.4, 0.5) is 10.5 Å². The highest BCUT2D eigenvalue weighted by Crippen LogP contribution is 2.24. The van der Waals surface area contributed by atoms with Crippen molar-refractivity contribution in [3.8, 4) is 5.75 Å². The van der Waals surface area contributed by atoms with Crippen LogP contribution in [0.1, 0.15) is 46.0 Å². The maximum Gasteiger partial charge on any atom is 0.412 e. The van der Waals surface area contributed by atoms with Crippen molar-refractivity contribution in [2.24, 2.45) is 0 Å². The van der Waals surface area contributed by atoms with Crippen LogP contribution >= 0.6 is 0 Å². The van der Waals surface area contributed by atoms with Gasteiger partial charge < -0.3 is 18.9 Å². The molecular formula is C23H38N2O5. The maximum absolute atomic E-state index is 12.6. The third kappa shape index (κ3) is 9.78. The lowest BCUT2D eigenvalue weighted by Crippen LogP contribution is -2.37. The van der Waals surface area contributed by atoms with Crippen LogP contribution in [0.15, 0.2) is 24.3 Å². The summed E-state index contributed by atoms with van der Waals surface area (Å²) in [7, 11) is 0. The standard InChI is InChI=1S/C23H38N2O5/c1-3-5-10-15-29-22-12-7-6-11-21(22)24-23(26)30-20(18-25-13-8-9-14-25)19-28-17-16-27-4-2/h6-7,11-12,20H,3-5,8-10,13-19H2,1-2H3,(H,24,26). The smallest absolute Gasteiger partial charge is 0.412 e. The van der Waals surface area contributed by atoms with E-state index in [1.165, 1.54) is 12.8 Å². The first-order chi connectivity index (χ1) is 14.7. The van der Waals surface area contributed by atoms with Crippen molar-refractivity contribution in [3.63, 3.8) is 0 Å². The molecule has 1 aromatic rings. The molecule has 0 saturated carbocycles. The summed E-state index contributed by atoms with van der Waals surface area (Å²) in [6, 6.07) is 7.45. The number of carbonyl (C=O) groups excluding carboxylic acids is 1. The lowest BCUT2D eigenvalue weighted by Gasteiger charge is -2.24. The zero-order valence-corrected chi connectivity index (χ0v) is 18.6. The molecule has 0 bridgehead atoms. The van der Waals surface area contributed by atoms with E-state index in [0.717, 1.165) is 32.4 Å². The van der Waals surface area contributed by atoms with Crippen LogP contribution in [0, 0.1) is 0 Å². The molecule has 1 heterocycles. The van der Waals surface area contributed by atoms with E-state index < -0.39 is 6.09 Å². The molecule has 1 fully saturated rings. The first-order valence-corrected chi connectivity index (χ1v) is 11.3. The Balaban J connectivity index is 1.85. The molecular weight excluding hydrogens is 384 g/mol. The molecule has 0 radical (unpaired) electrons. The van der Waals surface area contributed by atoms with Crippen LogP contribution < -0.4 is 10.1 Å². The van der Waals surface area contributed by atoms with Gasteiger partial charge in [0.05, 0.1) is 32.1 Å². The van der Waals surface area contributed by atoms with Gasteiger partial charge in [-0.25, -0.2) is 4.79 Å². The molecule has 0 spiro atoms. The molecule has 1 aromatic carbocycles. The van der Waals surface area contributed by atoms with Crippen molar-refractivity contribution in [1.82, 2.24) is 4.90 Å². The molecule has 1 N–H and O–H groups in total. The number of nitrogens with one attached hydrogen (secondary N) is 1. The molecule has 1 atom stereocenters. The molecule has 1 aliphatic heterocycles. The minimum atomic E-state index is -0.489. The highest BCUT2D eigenvalue weighted by molar-refractivity contribution is 5.86. The van der Waals surface area contributed by atoms with Gasteiger partial charge in [0.2, 0.25) is 0 Å². The van der Waals surface area contributed by atoms with Gasteiger partial charge in [-0.15, -0.1) is 0 Å². The highest BCUT2D eigenvalue weighted by Gasteiger charge is 2.21. The van der Waals surface area contributed by atoms with Crippen LogP contribution in [0.2, 0.25) is 0 Å². The largest absolute Gasteiger partial charge is 0.491 e. The van der Waals surface area contributed by atoms with Crippen molar-refractivity contribution in [1.29, 1.82) is 0 Å². The fourth-order valence-corrected chi connectivity index (χ4v) is 3.37. The lowest BCUT2D eigenvalue weighted by molar-refractivity contribution is -0.00902. The predicted molar refractivity (Wildman–Crippen MR) is 118 cm³/mol. The van der Waals surface area contributed by atoms with Gasteiger partial charge in [0.25, 0.3) is 0 Å². The number of para-hydroxylation sites is 2. The van der Waals surface area contributed by atoms with Crippen LogP contribution in [0.5, 0.6) is 5.75 Å². The number of unbranched alkanes of at least 4 members (excludes halogenated alkanes) is 2. The van der Waals surface area contributed by atoms with Crippen molar-refractivity contribution < 1.29 is 23.7 Å². The van der Waals surface area contributed by atoms with E-state index in [-0.39, 0.29) is 6.10 Å². The summed E-state index contributed by atoms with van der Waals surface area (Å²) in [5, 5.41) is 2.83. The van der Waals surface area contributed by atoms with Gasteiger partial charge in [-0.2, -0.15) is 0 Å². The zero-order chi connectivity index (χ0) is 21.4. The monoisotopic (exact) mass is 422 g/mol. The number of nitrogens with zero attached hydrogens (tertiary/aromatic N) is 1. The first kappa shape index (κ1) is 24.4. The molecule has 170 valence electrons. The Bertz CT molecular complexity index is 593. The topological polar surface area (TPSA) is 69.3 Å². The van der Waals surface area contributed by atoms with Crippen molar-refractivity contribution in [2.45, 2.75) is 52.1 Å². The normalized spacial score (nSPS) is 15.1. The molecule has 30 heavy (non-hydrogen) atoms. The number of carbonyl (C=O) groups is 1. The van der Waals surface area contributed by atoms with Gasteiger partial charge >= 0.3 is 6.09 Å². The summed E-state index contributed by atoms with van der Waals surface area (Å²) in [6.45, 7) is 9.55. The molecule has 1 saturated heterocycles. The average molecular weight is 423 g/mol. The highest BCUT2D eigenvalue weighted by atomic mass is 16.6. The van der Waals surface area contributed by atoms with E-state index in [2.05, 4.69) is 17.1 Å². The number of likely N-dealkylation sites (tertiary alicyclic amines) is 1. The number of hydrogen-bond acceptors (Lipinski definition) is 6. The van der Waals surface area contributed by atoms with Crippen molar-refractivity contribution in [2.75, 3.05) is 58.0 Å². The number of ether oxygens (including phenoxy) is 4. The second-order valence-corrected chi connectivity index (χ2v) is 7.48.